The zero-order valence-corrected chi connectivity index (χ0v) is 13.8. The second-order valence-electron chi connectivity index (χ2n) is 6.19. The predicted octanol–water partition coefficient (Wildman–Crippen LogP) is 2.28. The SMILES string of the molecule is CN(Cc1cnc(C(=O)O)cn1)C1CCCN(c2ccccc2)C1. The van der Waals surface area contributed by atoms with E-state index in [-0.39, 0.29) is 5.69 Å². The van der Waals surface area contributed by atoms with Crippen LogP contribution in [0, 0.1) is 0 Å². The van der Waals surface area contributed by atoms with Crippen LogP contribution in [0.3, 0.4) is 0 Å². The average Bonchev–Trinajstić information content (AvgIpc) is 2.63. The lowest BCUT2D eigenvalue weighted by atomic mass is 10.0. The van der Waals surface area contributed by atoms with Crippen LogP contribution in [0.25, 0.3) is 0 Å². The molecule has 126 valence electrons. The number of nitrogens with zero attached hydrogens (tertiary/aromatic N) is 4. The Morgan fingerprint density at radius 2 is 2.08 bits per heavy atom. The molecule has 0 radical (unpaired) electrons. The van der Waals surface area contributed by atoms with Gasteiger partial charge in [-0.05, 0) is 32.0 Å². The number of anilines is 1. The van der Waals surface area contributed by atoms with Crippen molar-refractivity contribution in [1.29, 1.82) is 0 Å². The number of rotatable bonds is 5. The molecule has 1 aliphatic rings. The van der Waals surface area contributed by atoms with Gasteiger partial charge >= 0.3 is 5.97 Å². The Hall–Kier alpha value is -2.47. The third kappa shape index (κ3) is 3.89. The minimum atomic E-state index is -1.05. The van der Waals surface area contributed by atoms with Crippen molar-refractivity contribution >= 4 is 11.7 Å². The third-order valence-corrected chi connectivity index (χ3v) is 4.48. The number of carbonyl (C=O) groups is 1. The van der Waals surface area contributed by atoms with Crippen LogP contribution in [0.2, 0.25) is 0 Å². The van der Waals surface area contributed by atoms with Crippen molar-refractivity contribution in [1.82, 2.24) is 14.9 Å². The van der Waals surface area contributed by atoms with Gasteiger partial charge in [0.15, 0.2) is 5.69 Å². The largest absolute Gasteiger partial charge is 0.476 e. The highest BCUT2D eigenvalue weighted by Gasteiger charge is 2.23. The van der Waals surface area contributed by atoms with Gasteiger partial charge in [0.25, 0.3) is 0 Å². The Kier molecular flexibility index (Phi) is 5.05. The molecule has 6 nitrogen and oxygen atoms in total. The van der Waals surface area contributed by atoms with E-state index in [2.05, 4.69) is 51.1 Å². The first kappa shape index (κ1) is 16.4. The van der Waals surface area contributed by atoms with Gasteiger partial charge in [0.2, 0.25) is 0 Å². The van der Waals surface area contributed by atoms with Crippen LogP contribution in [-0.2, 0) is 6.54 Å². The van der Waals surface area contributed by atoms with Gasteiger partial charge in [-0.3, -0.25) is 9.88 Å². The quantitative estimate of drug-likeness (QED) is 0.909. The zero-order valence-electron chi connectivity index (χ0n) is 13.8. The lowest BCUT2D eigenvalue weighted by molar-refractivity contribution is 0.0690. The van der Waals surface area contributed by atoms with Gasteiger partial charge in [-0.2, -0.15) is 0 Å². The van der Waals surface area contributed by atoms with E-state index in [0.717, 1.165) is 31.6 Å². The first-order valence-electron chi connectivity index (χ1n) is 8.18. The molecule has 0 saturated carbocycles. The highest BCUT2D eigenvalue weighted by Crippen LogP contribution is 2.22. The Morgan fingerprint density at radius 1 is 1.29 bits per heavy atom. The van der Waals surface area contributed by atoms with Gasteiger partial charge in [-0.15, -0.1) is 0 Å². The van der Waals surface area contributed by atoms with Crippen LogP contribution >= 0.6 is 0 Å². The maximum atomic E-state index is 10.8. The summed E-state index contributed by atoms with van der Waals surface area (Å²) in [5.74, 6) is -1.05. The molecule has 1 N–H and O–H groups in total. The van der Waals surface area contributed by atoms with E-state index >= 15 is 0 Å². The zero-order chi connectivity index (χ0) is 16.9. The lowest BCUT2D eigenvalue weighted by Crippen LogP contribution is -2.46. The second kappa shape index (κ2) is 7.40. The smallest absolute Gasteiger partial charge is 0.356 e. The van der Waals surface area contributed by atoms with E-state index in [1.165, 1.54) is 11.9 Å². The number of piperidine rings is 1. The lowest BCUT2D eigenvalue weighted by Gasteiger charge is -2.38. The maximum absolute atomic E-state index is 10.8. The summed E-state index contributed by atoms with van der Waals surface area (Å²) in [5, 5.41) is 8.88. The molecule has 1 aromatic carbocycles. The number of hydrogen-bond donors (Lipinski definition) is 1. The van der Waals surface area contributed by atoms with Crippen LogP contribution in [0.4, 0.5) is 5.69 Å². The molecule has 1 atom stereocenters. The van der Waals surface area contributed by atoms with Crippen molar-refractivity contribution < 1.29 is 9.90 Å². The van der Waals surface area contributed by atoms with E-state index < -0.39 is 5.97 Å². The number of benzene rings is 1. The molecular weight excluding hydrogens is 304 g/mol. The summed E-state index contributed by atoms with van der Waals surface area (Å²) in [6.07, 6.45) is 5.19. The van der Waals surface area contributed by atoms with Gasteiger partial charge in [-0.1, -0.05) is 18.2 Å². The molecule has 0 aliphatic carbocycles. The monoisotopic (exact) mass is 326 g/mol. The van der Waals surface area contributed by atoms with Gasteiger partial charge < -0.3 is 10.0 Å². The molecule has 24 heavy (non-hydrogen) atoms. The highest BCUT2D eigenvalue weighted by atomic mass is 16.4. The number of carboxylic acids is 1. The van der Waals surface area contributed by atoms with Crippen molar-refractivity contribution in [3.63, 3.8) is 0 Å². The molecule has 2 heterocycles. The van der Waals surface area contributed by atoms with Crippen LogP contribution in [0.1, 0.15) is 29.0 Å². The van der Waals surface area contributed by atoms with E-state index in [1.54, 1.807) is 6.20 Å². The normalized spacial score (nSPS) is 17.9. The molecule has 0 bridgehead atoms. The maximum Gasteiger partial charge on any atom is 0.356 e. The third-order valence-electron chi connectivity index (χ3n) is 4.48. The molecule has 0 amide bonds. The summed E-state index contributed by atoms with van der Waals surface area (Å²) < 4.78 is 0. The standard InChI is InChI=1S/C18H22N4O2/c1-21(12-14-10-20-17(11-19-14)18(23)24)16-8-5-9-22(13-16)15-6-3-2-4-7-15/h2-4,6-7,10-11,16H,5,8-9,12-13H2,1H3,(H,23,24). The molecule has 1 saturated heterocycles. The Morgan fingerprint density at radius 3 is 2.75 bits per heavy atom. The summed E-state index contributed by atoms with van der Waals surface area (Å²) in [5.41, 5.74) is 2.04. The fourth-order valence-electron chi connectivity index (χ4n) is 3.12. The van der Waals surface area contributed by atoms with Crippen LogP contribution in [-0.4, -0.2) is 52.1 Å². The van der Waals surface area contributed by atoms with Gasteiger partial charge in [0.05, 0.1) is 18.1 Å². The first-order chi connectivity index (χ1) is 11.6. The molecule has 0 spiro atoms. The van der Waals surface area contributed by atoms with Crippen molar-refractivity contribution in [2.75, 3.05) is 25.0 Å². The van der Waals surface area contributed by atoms with Crippen molar-refractivity contribution in [2.24, 2.45) is 0 Å². The Bertz CT molecular complexity index is 675. The number of carboxylic acid groups (broad SMARTS) is 1. The van der Waals surface area contributed by atoms with Gasteiger partial charge in [0.1, 0.15) is 0 Å². The van der Waals surface area contributed by atoms with E-state index in [4.69, 9.17) is 5.11 Å². The molecule has 3 rings (SSSR count). The number of aromatic carboxylic acids is 1. The van der Waals surface area contributed by atoms with Crippen LogP contribution in [0.15, 0.2) is 42.7 Å². The van der Waals surface area contributed by atoms with Crippen LogP contribution in [0.5, 0.6) is 0 Å². The summed E-state index contributed by atoms with van der Waals surface area (Å²) in [4.78, 5) is 23.7. The van der Waals surface area contributed by atoms with Crippen molar-refractivity contribution in [3.05, 3.63) is 54.1 Å². The number of para-hydroxylation sites is 1. The summed E-state index contributed by atoms with van der Waals surface area (Å²) in [7, 11) is 2.09. The minimum Gasteiger partial charge on any atom is -0.476 e. The molecule has 1 fully saturated rings. The highest BCUT2D eigenvalue weighted by molar-refractivity contribution is 5.84. The Labute approximate surface area is 141 Å². The number of likely N-dealkylation sites (N-methyl/N-ethyl adjacent to an activating group) is 1. The fraction of sp³-hybridized carbons (Fsp3) is 0.389. The Balaban J connectivity index is 1.62. The predicted molar refractivity (Wildman–Crippen MR) is 92.1 cm³/mol. The van der Waals surface area contributed by atoms with Gasteiger partial charge in [0, 0.05) is 31.4 Å². The van der Waals surface area contributed by atoms with E-state index in [1.807, 2.05) is 6.07 Å². The number of hydrogen-bond acceptors (Lipinski definition) is 5. The van der Waals surface area contributed by atoms with E-state index in [9.17, 15) is 4.79 Å². The molecule has 1 aromatic heterocycles. The van der Waals surface area contributed by atoms with Crippen molar-refractivity contribution in [3.8, 4) is 0 Å². The first-order valence-corrected chi connectivity index (χ1v) is 8.18. The van der Waals surface area contributed by atoms with E-state index in [0.29, 0.717) is 12.6 Å². The minimum absolute atomic E-state index is 0.0191. The summed E-state index contributed by atoms with van der Waals surface area (Å²) in [6, 6.07) is 10.9. The van der Waals surface area contributed by atoms with Crippen LogP contribution < -0.4 is 4.90 Å². The molecule has 6 heteroatoms. The molecular formula is C18H22N4O2. The summed E-state index contributed by atoms with van der Waals surface area (Å²) in [6.45, 7) is 2.74. The number of aromatic nitrogens is 2. The topological polar surface area (TPSA) is 69.6 Å². The molecule has 1 aliphatic heterocycles. The average molecular weight is 326 g/mol. The molecule has 1 unspecified atom stereocenters. The fourth-order valence-corrected chi connectivity index (χ4v) is 3.12. The van der Waals surface area contributed by atoms with Crippen molar-refractivity contribution in [2.45, 2.75) is 25.4 Å². The molecule has 2 aromatic rings. The summed E-state index contributed by atoms with van der Waals surface area (Å²) >= 11 is 0. The van der Waals surface area contributed by atoms with Gasteiger partial charge in [-0.25, -0.2) is 9.78 Å². The second-order valence-corrected chi connectivity index (χ2v) is 6.19.